The molecular formula is C13H20N4O5. The Hall–Kier alpha value is -2.81. The molecule has 1 aromatic rings. The van der Waals surface area contributed by atoms with Crippen molar-refractivity contribution in [2.75, 3.05) is 6.54 Å². The third-order valence-electron chi connectivity index (χ3n) is 2.46. The molecule has 0 aromatic heterocycles. The van der Waals surface area contributed by atoms with Gasteiger partial charge in [-0.05, 0) is 25.0 Å². The quantitative estimate of drug-likeness (QED) is 0.213. The summed E-state index contributed by atoms with van der Waals surface area (Å²) < 4.78 is 0. The van der Waals surface area contributed by atoms with Crippen molar-refractivity contribution in [2.45, 2.75) is 18.9 Å². The summed E-state index contributed by atoms with van der Waals surface area (Å²) in [6, 6.07) is 4.99. The van der Waals surface area contributed by atoms with E-state index in [9.17, 15) is 9.59 Å². The van der Waals surface area contributed by atoms with Gasteiger partial charge in [0, 0.05) is 6.54 Å². The van der Waals surface area contributed by atoms with Crippen LogP contribution >= 0.6 is 0 Å². The highest BCUT2D eigenvalue weighted by Crippen LogP contribution is 2.14. The number of hydrogen-bond acceptors (Lipinski definition) is 5. The summed E-state index contributed by atoms with van der Waals surface area (Å²) in [6.07, 6.45) is 0.975. The molecule has 0 heterocycles. The van der Waals surface area contributed by atoms with Gasteiger partial charge in [-0.15, -0.1) is 0 Å². The highest BCUT2D eigenvalue weighted by Gasteiger charge is 2.09. The van der Waals surface area contributed by atoms with Crippen molar-refractivity contribution in [3.05, 3.63) is 29.8 Å². The Kier molecular flexibility index (Phi) is 8.72. The molecule has 0 spiro atoms. The first-order valence-corrected chi connectivity index (χ1v) is 6.33. The summed E-state index contributed by atoms with van der Waals surface area (Å²) in [4.78, 5) is 20.5. The molecule has 0 saturated carbocycles. The first-order valence-electron chi connectivity index (χ1n) is 6.33. The van der Waals surface area contributed by atoms with Gasteiger partial charge in [0.2, 0.25) is 0 Å². The summed E-state index contributed by atoms with van der Waals surface area (Å²) in [5.41, 5.74) is 10.1. The highest BCUT2D eigenvalue weighted by atomic mass is 16.4. The van der Waals surface area contributed by atoms with Crippen molar-refractivity contribution in [3.8, 4) is 5.75 Å². The van der Waals surface area contributed by atoms with Crippen molar-refractivity contribution in [2.24, 2.45) is 11.5 Å². The molecule has 0 aliphatic carbocycles. The van der Waals surface area contributed by atoms with Crippen LogP contribution in [0.4, 0.5) is 0 Å². The largest absolute Gasteiger partial charge is 0.507 e. The van der Waals surface area contributed by atoms with E-state index in [1.54, 1.807) is 12.1 Å². The SMILES string of the molecule is N=C(N)NCCC[C@H](N)C(=O)O.O=C(O)c1ccccc1O. The van der Waals surface area contributed by atoms with Crippen LogP contribution in [0.2, 0.25) is 0 Å². The second-order valence-electron chi connectivity index (χ2n) is 4.25. The lowest BCUT2D eigenvalue weighted by Gasteiger charge is -2.06. The molecule has 122 valence electrons. The molecule has 9 N–H and O–H groups in total. The highest BCUT2D eigenvalue weighted by molar-refractivity contribution is 5.90. The molecule has 1 aromatic carbocycles. The maximum atomic E-state index is 10.3. The van der Waals surface area contributed by atoms with Crippen molar-refractivity contribution < 1.29 is 24.9 Å². The van der Waals surface area contributed by atoms with Gasteiger partial charge in [0.15, 0.2) is 5.96 Å². The van der Waals surface area contributed by atoms with Crippen molar-refractivity contribution >= 4 is 17.9 Å². The molecule has 0 aliphatic heterocycles. The molecule has 9 heteroatoms. The van der Waals surface area contributed by atoms with E-state index in [-0.39, 0.29) is 17.3 Å². The molecule has 22 heavy (non-hydrogen) atoms. The van der Waals surface area contributed by atoms with Gasteiger partial charge in [-0.1, -0.05) is 12.1 Å². The van der Waals surface area contributed by atoms with E-state index in [0.717, 1.165) is 0 Å². The Bertz CT molecular complexity index is 521. The van der Waals surface area contributed by atoms with Gasteiger partial charge in [0.1, 0.15) is 17.4 Å². The molecule has 0 aliphatic rings. The van der Waals surface area contributed by atoms with E-state index in [4.69, 9.17) is 32.2 Å². The zero-order chi connectivity index (χ0) is 17.1. The minimum Gasteiger partial charge on any atom is -0.507 e. The molecule has 0 amide bonds. The minimum absolute atomic E-state index is 0.0671. The lowest BCUT2D eigenvalue weighted by Crippen LogP contribution is -2.34. The third-order valence-corrected chi connectivity index (χ3v) is 2.46. The van der Waals surface area contributed by atoms with Crippen LogP contribution in [0.1, 0.15) is 23.2 Å². The number of benzene rings is 1. The zero-order valence-corrected chi connectivity index (χ0v) is 11.8. The van der Waals surface area contributed by atoms with E-state index in [1.807, 2.05) is 0 Å². The van der Waals surface area contributed by atoms with Gasteiger partial charge in [-0.3, -0.25) is 10.2 Å². The fourth-order valence-corrected chi connectivity index (χ4v) is 1.32. The van der Waals surface area contributed by atoms with Crippen LogP contribution in [-0.4, -0.2) is 45.8 Å². The lowest BCUT2D eigenvalue weighted by molar-refractivity contribution is -0.138. The summed E-state index contributed by atoms with van der Waals surface area (Å²) in [7, 11) is 0. The van der Waals surface area contributed by atoms with Crippen molar-refractivity contribution in [1.29, 1.82) is 5.41 Å². The molecule has 1 rings (SSSR count). The van der Waals surface area contributed by atoms with Crippen LogP contribution in [-0.2, 0) is 4.79 Å². The predicted octanol–water partition coefficient (Wildman–Crippen LogP) is -0.248. The van der Waals surface area contributed by atoms with Gasteiger partial charge in [0.05, 0.1) is 0 Å². The number of aliphatic carboxylic acids is 1. The van der Waals surface area contributed by atoms with E-state index < -0.39 is 18.0 Å². The fourth-order valence-electron chi connectivity index (χ4n) is 1.32. The number of carboxylic acids is 2. The van der Waals surface area contributed by atoms with Crippen LogP contribution in [0.3, 0.4) is 0 Å². The second kappa shape index (κ2) is 10.00. The Balaban J connectivity index is 0.000000406. The fraction of sp³-hybridized carbons (Fsp3) is 0.308. The first-order chi connectivity index (χ1) is 10.3. The molecule has 0 bridgehead atoms. The molecule has 1 atom stereocenters. The number of hydrogen-bond donors (Lipinski definition) is 7. The number of aromatic hydroxyl groups is 1. The van der Waals surface area contributed by atoms with E-state index in [2.05, 4.69) is 5.32 Å². The van der Waals surface area contributed by atoms with E-state index in [0.29, 0.717) is 19.4 Å². The van der Waals surface area contributed by atoms with Gasteiger partial charge < -0.3 is 32.1 Å². The maximum Gasteiger partial charge on any atom is 0.339 e. The van der Waals surface area contributed by atoms with Crippen LogP contribution in [0, 0.1) is 5.41 Å². The lowest BCUT2D eigenvalue weighted by atomic mass is 10.2. The number of guanidine groups is 1. The first kappa shape index (κ1) is 19.2. The second-order valence-corrected chi connectivity index (χ2v) is 4.25. The molecule has 0 unspecified atom stereocenters. The number of carbonyl (C=O) groups is 2. The number of carboxylic acid groups (broad SMARTS) is 2. The molecular weight excluding hydrogens is 292 g/mol. The summed E-state index contributed by atoms with van der Waals surface area (Å²) in [5, 5.41) is 35.0. The standard InChI is InChI=1S/C7H6O3.C6H14N4O2/c8-6-4-2-1-3-5(6)7(9)10;7-4(5(11)12)2-1-3-10-6(8)9/h1-4,8H,(H,9,10);4H,1-3,7H2,(H,11,12)(H4,8,9,10)/t;4-/m.0/s1. The van der Waals surface area contributed by atoms with Crippen molar-refractivity contribution in [3.63, 3.8) is 0 Å². The van der Waals surface area contributed by atoms with Gasteiger partial charge in [0.25, 0.3) is 0 Å². The average molecular weight is 312 g/mol. The molecule has 9 nitrogen and oxygen atoms in total. The molecule has 0 fully saturated rings. The van der Waals surface area contributed by atoms with Crippen molar-refractivity contribution in [1.82, 2.24) is 5.32 Å². The van der Waals surface area contributed by atoms with E-state index in [1.165, 1.54) is 12.1 Å². The molecule has 0 radical (unpaired) electrons. The number of aromatic carboxylic acids is 1. The van der Waals surface area contributed by atoms with Crippen LogP contribution in [0.25, 0.3) is 0 Å². The summed E-state index contributed by atoms with van der Waals surface area (Å²) in [5.74, 6) is -2.43. The number of nitrogens with two attached hydrogens (primary N) is 2. The maximum absolute atomic E-state index is 10.3. The normalized spacial score (nSPS) is 10.8. The smallest absolute Gasteiger partial charge is 0.339 e. The van der Waals surface area contributed by atoms with E-state index >= 15 is 0 Å². The number of rotatable bonds is 6. The predicted molar refractivity (Wildman–Crippen MR) is 79.8 cm³/mol. The third kappa shape index (κ3) is 8.38. The Morgan fingerprint density at radius 3 is 2.27 bits per heavy atom. The topological polar surface area (TPSA) is 183 Å². The summed E-state index contributed by atoms with van der Waals surface area (Å²) >= 11 is 0. The summed E-state index contributed by atoms with van der Waals surface area (Å²) in [6.45, 7) is 0.482. The average Bonchev–Trinajstić information content (AvgIpc) is 2.44. The minimum atomic E-state index is -1.11. The number of para-hydroxylation sites is 1. The monoisotopic (exact) mass is 312 g/mol. The Morgan fingerprint density at radius 2 is 1.86 bits per heavy atom. The van der Waals surface area contributed by atoms with Crippen LogP contribution in [0.5, 0.6) is 5.75 Å². The number of phenols is 1. The zero-order valence-electron chi connectivity index (χ0n) is 11.8. The van der Waals surface area contributed by atoms with Gasteiger partial charge >= 0.3 is 11.9 Å². The van der Waals surface area contributed by atoms with Gasteiger partial charge in [-0.25, -0.2) is 4.79 Å². The van der Waals surface area contributed by atoms with Crippen LogP contribution in [0.15, 0.2) is 24.3 Å². The Labute approximate surface area is 127 Å². The Morgan fingerprint density at radius 1 is 1.27 bits per heavy atom. The molecule has 0 saturated heterocycles. The van der Waals surface area contributed by atoms with Gasteiger partial charge in [-0.2, -0.15) is 0 Å². The van der Waals surface area contributed by atoms with Crippen LogP contribution < -0.4 is 16.8 Å². The number of nitrogens with one attached hydrogen (secondary N) is 2.